The maximum Gasteiger partial charge on any atom is 0.257 e. The maximum absolute atomic E-state index is 13.4. The molecule has 158 valence electrons. The Morgan fingerprint density at radius 3 is 2.45 bits per heavy atom. The van der Waals surface area contributed by atoms with Crippen LogP contribution in [0.3, 0.4) is 0 Å². The molecule has 1 aromatic heterocycles. The molecule has 1 aliphatic rings. The summed E-state index contributed by atoms with van der Waals surface area (Å²) in [6.07, 6.45) is 1.40. The maximum atomic E-state index is 13.4. The minimum Gasteiger partial charge on any atom is -0.497 e. The van der Waals surface area contributed by atoms with Gasteiger partial charge in [-0.3, -0.25) is 14.4 Å². The highest BCUT2D eigenvalue weighted by Gasteiger charge is 2.44. The molecule has 0 aliphatic carbocycles. The van der Waals surface area contributed by atoms with E-state index in [4.69, 9.17) is 9.15 Å². The Bertz CT molecular complexity index is 1090. The number of carbonyl (C=O) groups excluding carboxylic acids is 3. The van der Waals surface area contributed by atoms with Crippen LogP contribution < -0.4 is 9.64 Å². The summed E-state index contributed by atoms with van der Waals surface area (Å²) in [5, 5.41) is 0. The number of halogens is 1. The Morgan fingerprint density at radius 1 is 1.13 bits per heavy atom. The van der Waals surface area contributed by atoms with Crippen molar-refractivity contribution in [3.63, 3.8) is 0 Å². The second kappa shape index (κ2) is 8.77. The van der Waals surface area contributed by atoms with Gasteiger partial charge in [-0.2, -0.15) is 0 Å². The Balaban J connectivity index is 1.66. The lowest BCUT2D eigenvalue weighted by molar-refractivity contribution is -0.122. The van der Waals surface area contributed by atoms with Crippen LogP contribution in [0.25, 0.3) is 0 Å². The number of hydrogen-bond donors (Lipinski definition) is 0. The zero-order chi connectivity index (χ0) is 22.0. The second-order valence-electron chi connectivity index (χ2n) is 7.00. The molecule has 1 unspecified atom stereocenters. The van der Waals surface area contributed by atoms with Crippen molar-refractivity contribution in [3.8, 4) is 5.75 Å². The van der Waals surface area contributed by atoms with Crippen LogP contribution in [0.1, 0.15) is 22.5 Å². The number of amides is 3. The standard InChI is InChI=1S/C23H19BrN2O5/c1-30-18-10-4-15(5-11-18)22(28)25(14-19-3-2-12-31-19)20-13-21(27)26(23(20)29)17-8-6-16(24)7-9-17/h2-12,20H,13-14H2,1H3. The molecule has 1 saturated heterocycles. The van der Waals surface area contributed by atoms with E-state index in [0.29, 0.717) is 22.8 Å². The molecule has 2 heterocycles. The van der Waals surface area contributed by atoms with E-state index in [2.05, 4.69) is 15.9 Å². The normalized spacial score (nSPS) is 15.9. The van der Waals surface area contributed by atoms with E-state index in [-0.39, 0.29) is 24.8 Å². The lowest BCUT2D eigenvalue weighted by Crippen LogP contribution is -2.45. The Kier molecular flexibility index (Phi) is 5.90. The van der Waals surface area contributed by atoms with Gasteiger partial charge in [-0.1, -0.05) is 15.9 Å². The zero-order valence-corrected chi connectivity index (χ0v) is 18.2. The first-order valence-corrected chi connectivity index (χ1v) is 10.4. The highest BCUT2D eigenvalue weighted by molar-refractivity contribution is 9.10. The van der Waals surface area contributed by atoms with Crippen LogP contribution in [0.2, 0.25) is 0 Å². The number of hydrogen-bond acceptors (Lipinski definition) is 5. The fraction of sp³-hybridized carbons (Fsp3) is 0.174. The summed E-state index contributed by atoms with van der Waals surface area (Å²) in [5.41, 5.74) is 0.852. The quantitative estimate of drug-likeness (QED) is 0.495. The summed E-state index contributed by atoms with van der Waals surface area (Å²) in [6, 6.07) is 16.0. The molecule has 3 amide bonds. The van der Waals surface area contributed by atoms with E-state index in [0.717, 1.165) is 9.37 Å². The van der Waals surface area contributed by atoms with Gasteiger partial charge in [0, 0.05) is 10.0 Å². The highest BCUT2D eigenvalue weighted by atomic mass is 79.9. The van der Waals surface area contributed by atoms with Crippen LogP contribution in [0, 0.1) is 0 Å². The first-order valence-electron chi connectivity index (χ1n) is 9.57. The SMILES string of the molecule is COc1ccc(C(=O)N(Cc2ccco2)C2CC(=O)N(c3ccc(Br)cc3)C2=O)cc1. The summed E-state index contributed by atoms with van der Waals surface area (Å²) in [4.78, 5) is 41.9. The van der Waals surface area contributed by atoms with E-state index in [1.807, 2.05) is 0 Å². The largest absolute Gasteiger partial charge is 0.497 e. The van der Waals surface area contributed by atoms with Gasteiger partial charge in [0.25, 0.3) is 11.8 Å². The first kappa shape index (κ1) is 20.9. The van der Waals surface area contributed by atoms with Gasteiger partial charge in [-0.15, -0.1) is 0 Å². The van der Waals surface area contributed by atoms with Crippen molar-refractivity contribution in [2.75, 3.05) is 12.0 Å². The molecule has 2 aromatic carbocycles. The number of imide groups is 1. The lowest BCUT2D eigenvalue weighted by Gasteiger charge is -2.27. The number of ether oxygens (including phenoxy) is 1. The van der Waals surface area contributed by atoms with Gasteiger partial charge in [-0.05, 0) is 60.7 Å². The third kappa shape index (κ3) is 4.25. The number of anilines is 1. The Hall–Kier alpha value is -3.39. The van der Waals surface area contributed by atoms with E-state index < -0.39 is 11.9 Å². The van der Waals surface area contributed by atoms with Gasteiger partial charge < -0.3 is 14.1 Å². The van der Waals surface area contributed by atoms with Crippen LogP contribution in [0.5, 0.6) is 5.75 Å². The smallest absolute Gasteiger partial charge is 0.257 e. The van der Waals surface area contributed by atoms with E-state index >= 15 is 0 Å². The molecule has 0 bridgehead atoms. The van der Waals surface area contributed by atoms with Crippen molar-refractivity contribution in [3.05, 3.63) is 82.7 Å². The predicted molar refractivity (Wildman–Crippen MR) is 117 cm³/mol. The summed E-state index contributed by atoms with van der Waals surface area (Å²) in [5.74, 6) is -0.0419. The van der Waals surface area contributed by atoms with Crippen molar-refractivity contribution in [2.45, 2.75) is 19.0 Å². The number of benzene rings is 2. The molecule has 3 aromatic rings. The molecule has 0 saturated carbocycles. The number of methoxy groups -OCH3 is 1. The molecule has 8 heteroatoms. The van der Waals surface area contributed by atoms with Crippen LogP contribution >= 0.6 is 15.9 Å². The third-order valence-corrected chi connectivity index (χ3v) is 5.62. The Morgan fingerprint density at radius 2 is 1.84 bits per heavy atom. The first-order chi connectivity index (χ1) is 15.0. The van der Waals surface area contributed by atoms with Gasteiger partial charge in [0.05, 0.1) is 32.0 Å². The van der Waals surface area contributed by atoms with E-state index in [1.165, 1.54) is 11.2 Å². The van der Waals surface area contributed by atoms with Crippen molar-refractivity contribution in [2.24, 2.45) is 0 Å². The molecule has 1 atom stereocenters. The molecule has 4 rings (SSSR count). The summed E-state index contributed by atoms with van der Waals surface area (Å²) in [6.45, 7) is 0.0652. The van der Waals surface area contributed by atoms with Gasteiger partial charge in [0.1, 0.15) is 17.6 Å². The molecule has 0 N–H and O–H groups in total. The summed E-state index contributed by atoms with van der Waals surface area (Å²) < 4.78 is 11.4. The lowest BCUT2D eigenvalue weighted by atomic mass is 10.1. The van der Waals surface area contributed by atoms with Crippen LogP contribution in [0.4, 0.5) is 5.69 Å². The highest BCUT2D eigenvalue weighted by Crippen LogP contribution is 2.29. The van der Waals surface area contributed by atoms with Crippen LogP contribution in [0.15, 0.2) is 75.8 Å². The molecular formula is C23H19BrN2O5. The van der Waals surface area contributed by atoms with Crippen molar-refractivity contribution < 1.29 is 23.5 Å². The fourth-order valence-corrected chi connectivity index (χ4v) is 3.78. The second-order valence-corrected chi connectivity index (χ2v) is 7.92. The van der Waals surface area contributed by atoms with Crippen LogP contribution in [-0.2, 0) is 16.1 Å². The predicted octanol–water partition coefficient (Wildman–Crippen LogP) is 4.03. The zero-order valence-electron chi connectivity index (χ0n) is 16.7. The topological polar surface area (TPSA) is 80.1 Å². The fourth-order valence-electron chi connectivity index (χ4n) is 3.51. The van der Waals surface area contributed by atoms with Gasteiger partial charge >= 0.3 is 0 Å². The van der Waals surface area contributed by atoms with Crippen molar-refractivity contribution in [1.82, 2.24) is 4.90 Å². The van der Waals surface area contributed by atoms with Crippen LogP contribution in [-0.4, -0.2) is 35.8 Å². The summed E-state index contributed by atoms with van der Waals surface area (Å²) in [7, 11) is 1.54. The number of furan rings is 1. The van der Waals surface area contributed by atoms with Crippen molar-refractivity contribution in [1.29, 1.82) is 0 Å². The molecule has 1 fully saturated rings. The molecule has 0 spiro atoms. The molecular weight excluding hydrogens is 464 g/mol. The molecule has 7 nitrogen and oxygen atoms in total. The van der Waals surface area contributed by atoms with E-state index in [1.54, 1.807) is 67.8 Å². The average Bonchev–Trinajstić information content (AvgIpc) is 3.40. The molecule has 1 aliphatic heterocycles. The minimum atomic E-state index is -0.934. The van der Waals surface area contributed by atoms with Gasteiger partial charge in [0.15, 0.2) is 0 Å². The molecule has 31 heavy (non-hydrogen) atoms. The number of rotatable bonds is 6. The number of nitrogens with zero attached hydrogens (tertiary/aromatic N) is 2. The monoisotopic (exact) mass is 482 g/mol. The van der Waals surface area contributed by atoms with Gasteiger partial charge in [0.2, 0.25) is 5.91 Å². The number of carbonyl (C=O) groups is 3. The average molecular weight is 483 g/mol. The summed E-state index contributed by atoms with van der Waals surface area (Å²) >= 11 is 3.35. The molecule has 0 radical (unpaired) electrons. The van der Waals surface area contributed by atoms with Crippen molar-refractivity contribution >= 4 is 39.3 Å². The minimum absolute atomic E-state index is 0.0652. The third-order valence-electron chi connectivity index (χ3n) is 5.09. The Labute approximate surface area is 187 Å². The van der Waals surface area contributed by atoms with E-state index in [9.17, 15) is 14.4 Å². The van der Waals surface area contributed by atoms with Gasteiger partial charge in [-0.25, -0.2) is 4.90 Å².